The minimum atomic E-state index is -0.227. The molecule has 0 amide bonds. The van der Waals surface area contributed by atoms with E-state index in [9.17, 15) is 0 Å². The van der Waals surface area contributed by atoms with E-state index in [1.807, 2.05) is 34.8 Å². The molecule has 4 nitrogen and oxygen atoms in total. The number of aromatic nitrogens is 4. The molecule has 0 radical (unpaired) electrons. The van der Waals surface area contributed by atoms with Crippen molar-refractivity contribution in [1.82, 2.24) is 19.8 Å². The zero-order valence-corrected chi connectivity index (χ0v) is 13.0. The first kappa shape index (κ1) is 13.2. The highest BCUT2D eigenvalue weighted by Gasteiger charge is 2.25. The van der Waals surface area contributed by atoms with E-state index < -0.39 is 0 Å². The van der Waals surface area contributed by atoms with Gasteiger partial charge in [0, 0.05) is 5.92 Å². The normalized spacial score (nSPS) is 17.6. The number of rotatable bonds is 3. The van der Waals surface area contributed by atoms with E-state index >= 15 is 0 Å². The molecule has 0 saturated heterocycles. The molecule has 0 bridgehead atoms. The fraction of sp³-hybridized carbons (Fsp3) is 0.400. The Morgan fingerprint density at radius 3 is 2.67 bits per heavy atom. The number of fused-ring (bicyclic) bond motifs is 1. The molecule has 0 N–H and O–H groups in total. The smallest absolute Gasteiger partial charge is 0.187 e. The van der Waals surface area contributed by atoms with Crippen LogP contribution in [0.5, 0.6) is 0 Å². The van der Waals surface area contributed by atoms with Gasteiger partial charge in [0.15, 0.2) is 5.82 Å². The van der Waals surface area contributed by atoms with Crippen LogP contribution in [0.25, 0.3) is 4.96 Å². The molecular weight excluding hydrogens is 304 g/mol. The average Bonchev–Trinajstić information content (AvgIpc) is 3.23. The Hall–Kier alpha value is -1.46. The first-order valence-corrected chi connectivity index (χ1v) is 8.49. The number of hydrogen-bond donors (Lipinski definition) is 0. The van der Waals surface area contributed by atoms with Gasteiger partial charge in [-0.1, -0.05) is 54.5 Å². The van der Waals surface area contributed by atoms with Crippen LogP contribution in [-0.2, 0) is 0 Å². The Labute approximate surface area is 131 Å². The Balaban J connectivity index is 1.71. The monoisotopic (exact) mass is 318 g/mol. The Morgan fingerprint density at radius 2 is 1.90 bits per heavy atom. The topological polar surface area (TPSA) is 43.1 Å². The van der Waals surface area contributed by atoms with Gasteiger partial charge in [-0.2, -0.15) is 9.61 Å². The van der Waals surface area contributed by atoms with Gasteiger partial charge in [0.05, 0.1) is 0 Å². The standard InChI is InChI=1S/C15H15ClN4S/c16-12(10-6-2-1-3-7-10)14-19-20-13(11-8-4-5-9-11)17-18-15(20)21-14/h1-3,6-7,11-12H,4-5,8-9H2. The second-order valence-electron chi connectivity index (χ2n) is 5.45. The zero-order chi connectivity index (χ0) is 14.2. The number of nitrogens with zero attached hydrogens (tertiary/aromatic N) is 4. The predicted molar refractivity (Wildman–Crippen MR) is 84.0 cm³/mol. The summed E-state index contributed by atoms with van der Waals surface area (Å²) in [5.41, 5.74) is 1.06. The van der Waals surface area contributed by atoms with Crippen LogP contribution in [0.1, 0.15) is 53.4 Å². The summed E-state index contributed by atoms with van der Waals surface area (Å²) >= 11 is 8.08. The van der Waals surface area contributed by atoms with Gasteiger partial charge >= 0.3 is 0 Å². The molecule has 1 saturated carbocycles. The molecule has 1 aliphatic carbocycles. The van der Waals surface area contributed by atoms with Gasteiger partial charge in [0.2, 0.25) is 4.96 Å². The molecular formula is C15H15ClN4S. The van der Waals surface area contributed by atoms with Crippen molar-refractivity contribution in [3.05, 3.63) is 46.7 Å². The van der Waals surface area contributed by atoms with Gasteiger partial charge in [-0.3, -0.25) is 0 Å². The molecule has 21 heavy (non-hydrogen) atoms. The van der Waals surface area contributed by atoms with Crippen LogP contribution < -0.4 is 0 Å². The van der Waals surface area contributed by atoms with Gasteiger partial charge < -0.3 is 0 Å². The minimum Gasteiger partial charge on any atom is -0.187 e. The largest absolute Gasteiger partial charge is 0.234 e. The molecule has 3 aromatic rings. The van der Waals surface area contributed by atoms with E-state index in [0.29, 0.717) is 5.92 Å². The van der Waals surface area contributed by atoms with Crippen LogP contribution in [0, 0.1) is 0 Å². The second-order valence-corrected chi connectivity index (χ2v) is 6.87. The highest BCUT2D eigenvalue weighted by Crippen LogP contribution is 2.36. The molecule has 1 atom stereocenters. The van der Waals surface area contributed by atoms with Crippen molar-refractivity contribution in [2.45, 2.75) is 37.0 Å². The molecule has 6 heteroatoms. The minimum absolute atomic E-state index is 0.227. The highest BCUT2D eigenvalue weighted by molar-refractivity contribution is 7.17. The molecule has 4 rings (SSSR count). The number of alkyl halides is 1. The van der Waals surface area contributed by atoms with E-state index in [1.54, 1.807) is 0 Å². The SMILES string of the molecule is ClC(c1ccccc1)c1nn2c(C3CCCC3)nnc2s1. The van der Waals surface area contributed by atoms with Gasteiger partial charge in [0.25, 0.3) is 0 Å². The summed E-state index contributed by atoms with van der Waals surface area (Å²) in [5, 5.41) is 13.9. The van der Waals surface area contributed by atoms with Crippen LogP contribution in [0.2, 0.25) is 0 Å². The number of benzene rings is 1. The van der Waals surface area contributed by atoms with E-state index in [-0.39, 0.29) is 5.38 Å². The van der Waals surface area contributed by atoms with E-state index in [0.717, 1.165) is 21.4 Å². The van der Waals surface area contributed by atoms with Crippen molar-refractivity contribution >= 4 is 27.9 Å². The third-order valence-electron chi connectivity index (χ3n) is 4.06. The zero-order valence-electron chi connectivity index (χ0n) is 11.4. The summed E-state index contributed by atoms with van der Waals surface area (Å²) in [5.74, 6) is 1.50. The Kier molecular flexibility index (Phi) is 3.39. The van der Waals surface area contributed by atoms with Crippen LogP contribution >= 0.6 is 22.9 Å². The van der Waals surface area contributed by atoms with Crippen LogP contribution in [0.15, 0.2) is 30.3 Å². The van der Waals surface area contributed by atoms with E-state index in [2.05, 4.69) is 15.3 Å². The maximum atomic E-state index is 6.56. The first-order chi connectivity index (χ1) is 10.3. The maximum absolute atomic E-state index is 6.56. The summed E-state index contributed by atoms with van der Waals surface area (Å²) < 4.78 is 1.90. The first-order valence-electron chi connectivity index (χ1n) is 7.24. The summed E-state index contributed by atoms with van der Waals surface area (Å²) in [4.78, 5) is 0.841. The third kappa shape index (κ3) is 2.34. The van der Waals surface area contributed by atoms with Crippen LogP contribution in [-0.4, -0.2) is 19.8 Å². The molecule has 0 spiro atoms. The van der Waals surface area contributed by atoms with Crippen molar-refractivity contribution in [3.63, 3.8) is 0 Å². The fourth-order valence-electron chi connectivity index (χ4n) is 2.95. The third-order valence-corrected chi connectivity index (χ3v) is 5.61. The van der Waals surface area contributed by atoms with Gasteiger partial charge in [-0.05, 0) is 18.4 Å². The van der Waals surface area contributed by atoms with E-state index in [1.165, 1.54) is 37.0 Å². The lowest BCUT2D eigenvalue weighted by Crippen LogP contribution is -2.02. The van der Waals surface area contributed by atoms with Gasteiger partial charge in [-0.25, -0.2) is 0 Å². The highest BCUT2D eigenvalue weighted by atomic mass is 35.5. The van der Waals surface area contributed by atoms with Gasteiger partial charge in [-0.15, -0.1) is 21.8 Å². The van der Waals surface area contributed by atoms with Crippen molar-refractivity contribution < 1.29 is 0 Å². The number of hydrogen-bond acceptors (Lipinski definition) is 4. The average molecular weight is 319 g/mol. The predicted octanol–water partition coefficient (Wildman–Crippen LogP) is 4.17. The molecule has 1 aliphatic rings. The van der Waals surface area contributed by atoms with Crippen molar-refractivity contribution in [3.8, 4) is 0 Å². The fourth-order valence-corrected chi connectivity index (χ4v) is 4.13. The lowest BCUT2D eigenvalue weighted by atomic mass is 10.1. The molecule has 1 aromatic carbocycles. The summed E-state index contributed by atoms with van der Waals surface area (Å²) in [6, 6.07) is 10.0. The Morgan fingerprint density at radius 1 is 1.14 bits per heavy atom. The van der Waals surface area contributed by atoms with Gasteiger partial charge in [0.1, 0.15) is 10.4 Å². The summed E-state index contributed by atoms with van der Waals surface area (Å²) in [6.07, 6.45) is 4.94. The molecule has 108 valence electrons. The maximum Gasteiger partial charge on any atom is 0.234 e. The summed E-state index contributed by atoms with van der Waals surface area (Å²) in [6.45, 7) is 0. The van der Waals surface area contributed by atoms with E-state index in [4.69, 9.17) is 11.6 Å². The van der Waals surface area contributed by atoms with Crippen LogP contribution in [0.4, 0.5) is 0 Å². The second kappa shape index (κ2) is 5.39. The van der Waals surface area contributed by atoms with Crippen molar-refractivity contribution in [1.29, 1.82) is 0 Å². The van der Waals surface area contributed by atoms with Crippen molar-refractivity contribution in [2.75, 3.05) is 0 Å². The molecule has 0 aliphatic heterocycles. The molecule has 2 heterocycles. The molecule has 1 fully saturated rings. The van der Waals surface area contributed by atoms with Crippen LogP contribution in [0.3, 0.4) is 0 Å². The number of halogens is 1. The summed E-state index contributed by atoms with van der Waals surface area (Å²) in [7, 11) is 0. The lowest BCUT2D eigenvalue weighted by molar-refractivity contribution is 0.638. The quantitative estimate of drug-likeness (QED) is 0.681. The van der Waals surface area contributed by atoms with Crippen molar-refractivity contribution in [2.24, 2.45) is 0 Å². The molecule has 1 unspecified atom stereocenters. The molecule has 2 aromatic heterocycles. The lowest BCUT2D eigenvalue weighted by Gasteiger charge is -2.06. The Bertz CT molecular complexity index is 745.